The van der Waals surface area contributed by atoms with Crippen LogP contribution in [0.25, 0.3) is 0 Å². The van der Waals surface area contributed by atoms with E-state index in [1.54, 1.807) is 0 Å². The Balaban J connectivity index is 4.32. The molecule has 0 amide bonds. The van der Waals surface area contributed by atoms with Gasteiger partial charge in [0, 0.05) is 0 Å². The number of nitrogens with one attached hydrogen (secondary N) is 2. The molecule has 0 rings (SSSR count). The first-order chi connectivity index (χ1) is 17.3. The first kappa shape index (κ1) is 38.1. The van der Waals surface area contributed by atoms with Crippen LogP contribution in [0.3, 0.4) is 0 Å². The zero-order valence-electron chi connectivity index (χ0n) is 26.6. The van der Waals surface area contributed by atoms with E-state index in [0.717, 1.165) is 48.0 Å². The lowest BCUT2D eigenvalue weighted by Crippen LogP contribution is -2.45. The molecule has 0 aromatic carbocycles. The highest BCUT2D eigenvalue weighted by Crippen LogP contribution is 2.46. The van der Waals surface area contributed by atoms with Gasteiger partial charge in [-0.1, -0.05) is 0 Å². The van der Waals surface area contributed by atoms with E-state index in [0.29, 0.717) is 13.1 Å². The summed E-state index contributed by atoms with van der Waals surface area (Å²) < 4.78 is 49.9. The minimum atomic E-state index is -3.30. The fraction of sp³-hybridized carbons (Fsp3) is 1.00. The normalized spacial score (nSPS) is 14.0. The van der Waals surface area contributed by atoms with E-state index < -0.39 is 15.5 Å². The molecule has 0 heterocycles. The van der Waals surface area contributed by atoms with Gasteiger partial charge in [-0.3, -0.25) is 18.1 Å². The van der Waals surface area contributed by atoms with Crippen molar-refractivity contribution >= 4 is 15.5 Å². The second kappa shape index (κ2) is 17.8. The highest BCUT2D eigenvalue weighted by atomic mass is 31.2. The quantitative estimate of drug-likeness (QED) is 0.0880. The molecule has 0 bridgehead atoms. The Hall–Kier alpha value is 0.140. The summed E-state index contributed by atoms with van der Waals surface area (Å²) in [6.07, 6.45) is 3.96. The Labute approximate surface area is 234 Å². The summed E-state index contributed by atoms with van der Waals surface area (Å²) in [5, 5.41) is 6.08. The van der Waals surface area contributed by atoms with E-state index >= 15 is 0 Å². The van der Waals surface area contributed by atoms with Gasteiger partial charge >= 0.3 is 15.5 Å². The summed E-state index contributed by atoms with van der Waals surface area (Å²) in [7, 11) is 2.22. The van der Waals surface area contributed by atoms with E-state index in [9.17, 15) is 9.13 Å². The monoisotopic (exact) mass is 588 g/mol. The van der Waals surface area contributed by atoms with Crippen LogP contribution in [0, 0.1) is 0 Å². The molecule has 38 heavy (non-hydrogen) atoms. The van der Waals surface area contributed by atoms with Crippen molar-refractivity contribution in [2.24, 2.45) is 0 Å². The van der Waals surface area contributed by atoms with E-state index in [2.05, 4.69) is 38.4 Å². The Bertz CT molecular complexity index is 645. The van der Waals surface area contributed by atoms with Crippen LogP contribution in [0.5, 0.6) is 0 Å². The molecule has 10 nitrogen and oxygen atoms in total. The Kier molecular flexibility index (Phi) is 17.9. The van der Waals surface area contributed by atoms with Crippen LogP contribution in [-0.4, -0.2) is 101 Å². The number of unbranched alkanes of at least 4 members (excludes halogenated alkanes) is 3. The first-order valence-electron chi connectivity index (χ1n) is 14.4. The Morgan fingerprint density at radius 1 is 0.500 bits per heavy atom. The fourth-order valence-electron chi connectivity index (χ4n) is 3.94. The second-order valence-electron chi connectivity index (χ2n) is 12.6. The summed E-state index contributed by atoms with van der Waals surface area (Å²) in [5.74, 6) is 0. The topological polar surface area (TPSA) is 95.1 Å². The molecule has 0 atom stereocenters. The highest BCUT2D eigenvalue weighted by molar-refractivity contribution is 7.51. The number of hydrogen-bond acceptors (Lipinski definition) is 6. The van der Waals surface area contributed by atoms with Gasteiger partial charge in [0.05, 0.1) is 91.9 Å². The summed E-state index contributed by atoms with van der Waals surface area (Å²) >= 11 is 0. The molecule has 12 heteroatoms. The highest BCUT2D eigenvalue weighted by Gasteiger charge is 2.29. The minimum Gasteiger partial charge on any atom is -0.327 e. The summed E-state index contributed by atoms with van der Waals surface area (Å²) in [6.45, 7) is 19.8. The van der Waals surface area contributed by atoms with Crippen molar-refractivity contribution in [3.8, 4) is 0 Å². The molecule has 0 fully saturated rings. The van der Waals surface area contributed by atoms with Crippen molar-refractivity contribution in [3.63, 3.8) is 0 Å². The van der Waals surface area contributed by atoms with Crippen LogP contribution in [0.2, 0.25) is 0 Å². The molecule has 0 aromatic heterocycles. The van der Waals surface area contributed by atoms with Crippen LogP contribution in [0.15, 0.2) is 0 Å². The van der Waals surface area contributed by atoms with E-state index in [1.165, 1.54) is 12.8 Å². The number of rotatable bonds is 23. The second-order valence-corrected chi connectivity index (χ2v) is 16.1. The lowest BCUT2D eigenvalue weighted by molar-refractivity contribution is -0.890. The molecule has 0 aliphatic carbocycles. The predicted octanol–water partition coefficient (Wildman–Crippen LogP) is 5.80. The predicted molar refractivity (Wildman–Crippen MR) is 158 cm³/mol. The number of likely N-dealkylation sites (N-methyl/N-ethyl adjacent to an activating group) is 2. The molecule has 0 unspecified atom stereocenters. The minimum absolute atomic E-state index is 0.172. The third kappa shape index (κ3) is 20.1. The zero-order chi connectivity index (χ0) is 29.6. The van der Waals surface area contributed by atoms with Crippen molar-refractivity contribution in [2.45, 2.75) is 105 Å². The molecule has 0 radical (unpaired) electrons. The Morgan fingerprint density at radius 2 is 0.763 bits per heavy atom. The van der Waals surface area contributed by atoms with E-state index in [-0.39, 0.29) is 24.4 Å². The van der Waals surface area contributed by atoms with Gasteiger partial charge in [-0.15, -0.1) is 0 Å². The third-order valence-electron chi connectivity index (χ3n) is 5.72. The third-order valence-corrected chi connectivity index (χ3v) is 9.74. The van der Waals surface area contributed by atoms with Gasteiger partial charge in [0.1, 0.15) is 0 Å². The zero-order valence-corrected chi connectivity index (χ0v) is 28.4. The molecule has 0 aliphatic rings. The van der Waals surface area contributed by atoms with Gasteiger partial charge in [0.25, 0.3) is 0 Å². The van der Waals surface area contributed by atoms with Crippen LogP contribution in [0.4, 0.5) is 0 Å². The standard InChI is InChI=1S/C26H62N4O6P2/c1-23(2)33-37(31,34-24(3)4)27-17-21-29(9,10)19-15-13-14-16-20-30(11,12)22-18-28-38(32,35-25(5)6)36-26(7)8/h23-26H,13-22H2,1-12H3,(H,27,31)(H,28,32)/q+2. The van der Waals surface area contributed by atoms with Gasteiger partial charge in [0.2, 0.25) is 0 Å². The average Bonchev–Trinajstić information content (AvgIpc) is 2.67. The lowest BCUT2D eigenvalue weighted by atomic mass is 10.1. The number of quaternary nitrogens is 2. The van der Waals surface area contributed by atoms with Gasteiger partial charge in [-0.2, -0.15) is 0 Å². The summed E-state index contributed by atoms with van der Waals surface area (Å²) in [6, 6.07) is 0. The van der Waals surface area contributed by atoms with Gasteiger partial charge < -0.3 is 8.97 Å². The van der Waals surface area contributed by atoms with Crippen molar-refractivity contribution in [1.29, 1.82) is 0 Å². The van der Waals surface area contributed by atoms with Crippen LogP contribution in [0.1, 0.15) is 81.1 Å². The fourth-order valence-corrected chi connectivity index (χ4v) is 7.31. The number of nitrogens with zero attached hydrogens (tertiary/aromatic N) is 2. The SMILES string of the molecule is CC(C)OP(=O)(NCC[N+](C)(C)CCCCCC[N+](C)(C)CCNP(=O)(OC(C)C)OC(C)C)OC(C)C. The van der Waals surface area contributed by atoms with E-state index in [1.807, 2.05) is 55.4 Å². The van der Waals surface area contributed by atoms with Crippen molar-refractivity contribution < 1.29 is 36.2 Å². The molecule has 0 saturated heterocycles. The van der Waals surface area contributed by atoms with Crippen molar-refractivity contribution in [2.75, 3.05) is 67.5 Å². The molecular weight excluding hydrogens is 526 g/mol. The maximum Gasteiger partial charge on any atom is 0.406 e. The van der Waals surface area contributed by atoms with Crippen LogP contribution < -0.4 is 10.2 Å². The van der Waals surface area contributed by atoms with Crippen molar-refractivity contribution in [3.05, 3.63) is 0 Å². The Morgan fingerprint density at radius 3 is 1.00 bits per heavy atom. The molecule has 2 N–H and O–H groups in total. The van der Waals surface area contributed by atoms with Crippen molar-refractivity contribution in [1.82, 2.24) is 10.2 Å². The molecular formula is C26H62N4O6P2+2. The molecule has 0 saturated carbocycles. The summed E-state index contributed by atoms with van der Waals surface area (Å²) in [4.78, 5) is 0. The molecule has 0 aromatic rings. The van der Waals surface area contributed by atoms with Gasteiger partial charge in [0.15, 0.2) is 0 Å². The molecule has 0 spiro atoms. The van der Waals surface area contributed by atoms with Gasteiger partial charge in [-0.25, -0.2) is 19.3 Å². The lowest BCUT2D eigenvalue weighted by Gasteiger charge is -2.32. The summed E-state index contributed by atoms with van der Waals surface area (Å²) in [5.41, 5.74) is 0. The number of hydrogen-bond donors (Lipinski definition) is 2. The maximum absolute atomic E-state index is 12.9. The van der Waals surface area contributed by atoms with E-state index in [4.69, 9.17) is 18.1 Å². The first-order valence-corrected chi connectivity index (χ1v) is 17.5. The largest absolute Gasteiger partial charge is 0.406 e. The molecule has 230 valence electrons. The van der Waals surface area contributed by atoms with Gasteiger partial charge in [-0.05, 0) is 81.1 Å². The average molecular weight is 589 g/mol. The van der Waals surface area contributed by atoms with Crippen LogP contribution in [-0.2, 0) is 27.2 Å². The molecule has 0 aliphatic heterocycles. The smallest absolute Gasteiger partial charge is 0.327 e. The van der Waals surface area contributed by atoms with Crippen LogP contribution >= 0.6 is 15.5 Å². The maximum atomic E-state index is 12.9.